The lowest BCUT2D eigenvalue weighted by atomic mass is 10.1. The largest absolute Gasteiger partial charge is 0.459 e. The fourth-order valence-corrected chi connectivity index (χ4v) is 1.62. The van der Waals surface area contributed by atoms with Crippen molar-refractivity contribution in [3.05, 3.63) is 52.6 Å². The van der Waals surface area contributed by atoms with Crippen molar-refractivity contribution in [3.63, 3.8) is 0 Å². The Hall–Kier alpha value is -1.87. The van der Waals surface area contributed by atoms with Gasteiger partial charge in [-0.05, 0) is 24.6 Å². The molecule has 0 atom stereocenters. The summed E-state index contributed by atoms with van der Waals surface area (Å²) in [5, 5.41) is 0.863. The molecule has 3 nitrogen and oxygen atoms in total. The van der Waals surface area contributed by atoms with Crippen LogP contribution >= 0.6 is 0 Å². The van der Waals surface area contributed by atoms with Crippen LogP contribution in [0.1, 0.15) is 18.2 Å². The fourth-order valence-electron chi connectivity index (χ4n) is 1.62. The third kappa shape index (κ3) is 1.90. The molecule has 2 heterocycles. The van der Waals surface area contributed by atoms with E-state index in [-0.39, 0.29) is 0 Å². The third-order valence-electron chi connectivity index (χ3n) is 2.50. The van der Waals surface area contributed by atoms with Gasteiger partial charge < -0.3 is 10.2 Å². The molecule has 2 rings (SSSR count). The van der Waals surface area contributed by atoms with Gasteiger partial charge in [-0.25, -0.2) is 0 Å². The van der Waals surface area contributed by atoms with E-state index in [1.165, 1.54) is 0 Å². The monoisotopic (exact) mass is 214 g/mol. The van der Waals surface area contributed by atoms with E-state index in [1.807, 2.05) is 25.1 Å². The molecule has 0 unspecified atom stereocenters. The molecule has 2 aromatic rings. The zero-order valence-corrected chi connectivity index (χ0v) is 9.23. The minimum atomic E-state index is 0.392. The highest BCUT2D eigenvalue weighted by atomic mass is 16.3. The zero-order chi connectivity index (χ0) is 11.5. The van der Waals surface area contributed by atoms with Crippen molar-refractivity contribution in [2.45, 2.75) is 13.5 Å². The number of hydrogen-bond donors (Lipinski definition) is 1. The maximum atomic E-state index is 5.63. The maximum absolute atomic E-state index is 5.63. The molecule has 2 N–H and O–H groups in total. The summed E-state index contributed by atoms with van der Waals surface area (Å²) in [7, 11) is 0. The van der Waals surface area contributed by atoms with Crippen LogP contribution in [0.25, 0.3) is 12.2 Å². The van der Waals surface area contributed by atoms with Gasteiger partial charge in [0.25, 0.3) is 0 Å². The second-order valence-corrected chi connectivity index (χ2v) is 3.64. The fraction of sp³-hybridized carbons (Fsp3) is 0.154. The average molecular weight is 214 g/mol. The standard InChI is InChI=1S/C13H14N2O/c1-9-6-12(7-14)16-13(9)10(2)11-4-3-5-15-8-11/h3-6,8H,1,7,14H2,2H3. The Kier molecular flexibility index (Phi) is 2.88. The smallest absolute Gasteiger partial charge is 0.137 e. The highest BCUT2D eigenvalue weighted by molar-refractivity contribution is 5.61. The average Bonchev–Trinajstić information content (AvgIpc) is 2.71. The van der Waals surface area contributed by atoms with Crippen molar-refractivity contribution in [1.82, 2.24) is 4.98 Å². The summed E-state index contributed by atoms with van der Waals surface area (Å²) in [6.07, 6.45) is 3.55. The first kappa shape index (κ1) is 10.6. The van der Waals surface area contributed by atoms with Gasteiger partial charge in [-0.15, -0.1) is 0 Å². The predicted octanol–water partition coefficient (Wildman–Crippen LogP) is 0.763. The van der Waals surface area contributed by atoms with Crippen molar-refractivity contribution in [1.29, 1.82) is 0 Å². The summed E-state index contributed by atoms with van der Waals surface area (Å²) in [6, 6.07) is 5.76. The molecule has 0 saturated carbocycles. The van der Waals surface area contributed by atoms with E-state index in [4.69, 9.17) is 10.2 Å². The van der Waals surface area contributed by atoms with E-state index >= 15 is 0 Å². The van der Waals surface area contributed by atoms with E-state index in [0.29, 0.717) is 6.54 Å². The van der Waals surface area contributed by atoms with E-state index in [9.17, 15) is 0 Å². The molecule has 0 amide bonds. The lowest BCUT2D eigenvalue weighted by Gasteiger charge is -1.97. The molecule has 0 fully saturated rings. The molecular weight excluding hydrogens is 200 g/mol. The van der Waals surface area contributed by atoms with Crippen molar-refractivity contribution in [2.75, 3.05) is 0 Å². The first-order chi connectivity index (χ1) is 7.72. The van der Waals surface area contributed by atoms with Crippen LogP contribution < -0.4 is 16.4 Å². The quantitative estimate of drug-likeness (QED) is 0.803. The summed E-state index contributed by atoms with van der Waals surface area (Å²) in [4.78, 5) is 4.08. The number of hydrogen-bond acceptors (Lipinski definition) is 3. The van der Waals surface area contributed by atoms with E-state index in [2.05, 4.69) is 11.6 Å². The van der Waals surface area contributed by atoms with Gasteiger partial charge in [0.2, 0.25) is 0 Å². The van der Waals surface area contributed by atoms with Crippen LogP contribution in [0.4, 0.5) is 0 Å². The van der Waals surface area contributed by atoms with Crippen LogP contribution in [-0.2, 0) is 6.54 Å². The molecular formula is C13H14N2O. The molecule has 16 heavy (non-hydrogen) atoms. The second kappa shape index (κ2) is 4.33. The van der Waals surface area contributed by atoms with Gasteiger partial charge in [0.15, 0.2) is 0 Å². The third-order valence-corrected chi connectivity index (χ3v) is 2.50. The Labute approximate surface area is 93.9 Å². The number of pyridine rings is 1. The molecule has 2 aromatic heterocycles. The summed E-state index contributed by atoms with van der Waals surface area (Å²) < 4.78 is 5.63. The first-order valence-electron chi connectivity index (χ1n) is 5.11. The Balaban J connectivity index is 2.64. The number of nitrogens with two attached hydrogens (primary N) is 1. The number of nitrogens with zero attached hydrogens (tertiary/aromatic N) is 1. The molecule has 0 radical (unpaired) electrons. The van der Waals surface area contributed by atoms with Gasteiger partial charge in [0.05, 0.1) is 6.54 Å². The van der Waals surface area contributed by atoms with Crippen molar-refractivity contribution in [3.8, 4) is 0 Å². The molecule has 0 bridgehead atoms. The predicted molar refractivity (Wildman–Crippen MR) is 63.8 cm³/mol. The Morgan fingerprint density at radius 2 is 2.38 bits per heavy atom. The Bertz CT molecular complexity index is 584. The maximum Gasteiger partial charge on any atom is 0.137 e. The summed E-state index contributed by atoms with van der Waals surface area (Å²) in [6.45, 7) is 6.33. The molecule has 3 heteroatoms. The van der Waals surface area contributed by atoms with Gasteiger partial charge in [-0.1, -0.05) is 12.6 Å². The second-order valence-electron chi connectivity index (χ2n) is 3.64. The summed E-state index contributed by atoms with van der Waals surface area (Å²) in [5.41, 5.74) is 8.37. The van der Waals surface area contributed by atoms with E-state index in [1.54, 1.807) is 12.4 Å². The van der Waals surface area contributed by atoms with Gasteiger partial charge in [0, 0.05) is 23.2 Å². The normalized spacial score (nSPS) is 12.6. The number of rotatable bonds is 2. The summed E-state index contributed by atoms with van der Waals surface area (Å²) in [5.74, 6) is 0.753. The lowest BCUT2D eigenvalue weighted by molar-refractivity contribution is 0.480. The molecule has 0 spiro atoms. The lowest BCUT2D eigenvalue weighted by Crippen LogP contribution is -2.20. The van der Waals surface area contributed by atoms with E-state index in [0.717, 1.165) is 27.5 Å². The van der Waals surface area contributed by atoms with Crippen LogP contribution in [0.15, 0.2) is 35.0 Å². The molecule has 0 saturated heterocycles. The Morgan fingerprint density at radius 1 is 1.56 bits per heavy atom. The minimum Gasteiger partial charge on any atom is -0.459 e. The molecule has 0 aliphatic heterocycles. The molecule has 82 valence electrons. The van der Waals surface area contributed by atoms with Crippen LogP contribution in [0.2, 0.25) is 0 Å². The van der Waals surface area contributed by atoms with Gasteiger partial charge >= 0.3 is 0 Å². The zero-order valence-electron chi connectivity index (χ0n) is 9.23. The molecule has 0 aliphatic carbocycles. The Morgan fingerprint density at radius 3 is 2.94 bits per heavy atom. The van der Waals surface area contributed by atoms with Gasteiger partial charge in [-0.2, -0.15) is 0 Å². The summed E-state index contributed by atoms with van der Waals surface area (Å²) >= 11 is 0. The van der Waals surface area contributed by atoms with E-state index < -0.39 is 0 Å². The minimum absolute atomic E-state index is 0.392. The van der Waals surface area contributed by atoms with Crippen LogP contribution in [-0.4, -0.2) is 4.98 Å². The van der Waals surface area contributed by atoms with Crippen LogP contribution in [0.5, 0.6) is 0 Å². The molecule has 0 aliphatic rings. The number of furan rings is 1. The van der Waals surface area contributed by atoms with Gasteiger partial charge in [-0.3, -0.25) is 4.98 Å². The number of aromatic nitrogens is 1. The van der Waals surface area contributed by atoms with Crippen molar-refractivity contribution >= 4 is 12.2 Å². The first-order valence-corrected chi connectivity index (χ1v) is 5.11. The van der Waals surface area contributed by atoms with Crippen molar-refractivity contribution < 1.29 is 4.42 Å². The topological polar surface area (TPSA) is 52.0 Å². The van der Waals surface area contributed by atoms with Gasteiger partial charge in [0.1, 0.15) is 11.2 Å². The highest BCUT2D eigenvalue weighted by Gasteiger charge is 2.02. The SMILES string of the molecule is C=c1cc(CN)oc1=C(C)c1cccnc1. The van der Waals surface area contributed by atoms with Crippen LogP contribution in [0.3, 0.4) is 0 Å². The van der Waals surface area contributed by atoms with Crippen molar-refractivity contribution in [2.24, 2.45) is 5.73 Å². The molecule has 0 aromatic carbocycles. The van der Waals surface area contributed by atoms with Crippen LogP contribution in [0, 0.1) is 0 Å². The highest BCUT2D eigenvalue weighted by Crippen LogP contribution is 2.07.